The van der Waals surface area contributed by atoms with Crippen molar-refractivity contribution in [3.63, 3.8) is 0 Å². The molecule has 2 aliphatic heterocycles. The third-order valence-corrected chi connectivity index (χ3v) is 5.22. The standard InChI is InChI=1S/C16H24N2O2.2BrH/c1-18(2)7-5-16(6-8-18)10-13(11-17-16)12-3-4-14(19)15(20)9-12;;/h3-4,9,13,17H,5-8,10-11H2,1-2H3,(H-,19,20);2*1H. The maximum atomic E-state index is 9.66. The Morgan fingerprint density at radius 3 is 2.36 bits per heavy atom. The number of benzene rings is 1. The van der Waals surface area contributed by atoms with Crippen LogP contribution < -0.4 is 22.3 Å². The van der Waals surface area contributed by atoms with Gasteiger partial charge in [0.1, 0.15) is 0 Å². The molecule has 0 saturated carbocycles. The van der Waals surface area contributed by atoms with E-state index < -0.39 is 0 Å². The fourth-order valence-electron chi connectivity index (χ4n) is 3.64. The van der Waals surface area contributed by atoms with E-state index in [2.05, 4.69) is 19.4 Å². The van der Waals surface area contributed by atoms with Crippen molar-refractivity contribution in [2.24, 2.45) is 0 Å². The SMILES string of the molecule is Br.C[N+]1(C)CCC2(CC1)CC(c1ccc(O)c(O)c1)CN2.[Br-]. The van der Waals surface area contributed by atoms with Crippen LogP contribution >= 0.6 is 17.0 Å². The van der Waals surface area contributed by atoms with Crippen LogP contribution in [0.5, 0.6) is 11.5 Å². The molecule has 2 saturated heterocycles. The molecule has 1 unspecified atom stereocenters. The summed E-state index contributed by atoms with van der Waals surface area (Å²) in [5.41, 5.74) is 1.41. The molecule has 2 aliphatic rings. The Labute approximate surface area is 153 Å². The highest BCUT2D eigenvalue weighted by molar-refractivity contribution is 8.93. The van der Waals surface area contributed by atoms with E-state index in [1.807, 2.05) is 6.07 Å². The van der Waals surface area contributed by atoms with E-state index in [1.54, 1.807) is 12.1 Å². The predicted molar refractivity (Wildman–Crippen MR) is 89.3 cm³/mol. The van der Waals surface area contributed by atoms with Gasteiger partial charge in [0.15, 0.2) is 11.5 Å². The monoisotopic (exact) mass is 436 g/mol. The summed E-state index contributed by atoms with van der Waals surface area (Å²) in [5, 5.41) is 22.8. The molecule has 0 radical (unpaired) electrons. The third-order valence-electron chi connectivity index (χ3n) is 5.22. The molecule has 0 amide bonds. The molecule has 1 aromatic carbocycles. The largest absolute Gasteiger partial charge is 1.00 e. The van der Waals surface area contributed by atoms with Gasteiger partial charge in [0.05, 0.1) is 27.2 Å². The number of hydrogen-bond donors (Lipinski definition) is 3. The number of nitrogens with zero attached hydrogens (tertiary/aromatic N) is 1. The predicted octanol–water partition coefficient (Wildman–Crippen LogP) is -0.634. The van der Waals surface area contributed by atoms with E-state index in [-0.39, 0.29) is 51.0 Å². The number of likely N-dealkylation sites (tertiary alicyclic amines) is 1. The van der Waals surface area contributed by atoms with Gasteiger partial charge >= 0.3 is 0 Å². The number of quaternary nitrogens is 1. The number of aromatic hydroxyl groups is 2. The number of halogens is 2. The number of phenolic OH excluding ortho intramolecular Hbond substituents is 2. The molecule has 1 atom stereocenters. The van der Waals surface area contributed by atoms with E-state index in [4.69, 9.17) is 0 Å². The summed E-state index contributed by atoms with van der Waals surface area (Å²) in [6, 6.07) is 5.24. The molecule has 3 N–H and O–H groups in total. The van der Waals surface area contributed by atoms with Crippen LogP contribution in [0.3, 0.4) is 0 Å². The quantitative estimate of drug-likeness (QED) is 0.405. The van der Waals surface area contributed by atoms with Crippen molar-refractivity contribution < 1.29 is 31.7 Å². The van der Waals surface area contributed by atoms with Crippen LogP contribution in [0.1, 0.15) is 30.7 Å². The van der Waals surface area contributed by atoms with Crippen molar-refractivity contribution in [2.45, 2.75) is 30.7 Å². The van der Waals surface area contributed by atoms with Gasteiger partial charge in [0, 0.05) is 24.9 Å². The molecule has 3 rings (SSSR count). The molecule has 2 fully saturated rings. The zero-order chi connectivity index (χ0) is 14.4. The van der Waals surface area contributed by atoms with Crippen molar-refractivity contribution in [2.75, 3.05) is 33.7 Å². The van der Waals surface area contributed by atoms with Crippen molar-refractivity contribution in [1.82, 2.24) is 5.32 Å². The summed E-state index contributed by atoms with van der Waals surface area (Å²) in [4.78, 5) is 0. The van der Waals surface area contributed by atoms with Gasteiger partial charge in [0.2, 0.25) is 0 Å². The maximum absolute atomic E-state index is 9.66. The first-order chi connectivity index (χ1) is 9.39. The molecule has 1 aromatic rings. The number of piperidine rings is 1. The highest BCUT2D eigenvalue weighted by Crippen LogP contribution is 2.40. The van der Waals surface area contributed by atoms with Crippen LogP contribution in [-0.2, 0) is 0 Å². The zero-order valence-corrected chi connectivity index (χ0v) is 16.5. The Bertz CT molecular complexity index is 513. The van der Waals surface area contributed by atoms with Gasteiger partial charge in [-0.05, 0) is 30.0 Å². The second-order valence-corrected chi connectivity index (χ2v) is 7.19. The molecule has 0 bridgehead atoms. The fourth-order valence-corrected chi connectivity index (χ4v) is 3.64. The maximum Gasteiger partial charge on any atom is 0.157 e. The van der Waals surface area contributed by atoms with E-state index in [9.17, 15) is 10.2 Å². The minimum absolute atomic E-state index is 0. The summed E-state index contributed by atoms with van der Waals surface area (Å²) in [6.45, 7) is 3.42. The van der Waals surface area contributed by atoms with Crippen molar-refractivity contribution in [1.29, 1.82) is 0 Å². The highest BCUT2D eigenvalue weighted by atomic mass is 79.9. The first-order valence-electron chi connectivity index (χ1n) is 7.48. The average molecular weight is 438 g/mol. The molecular formula is C16H26Br2N2O2. The number of nitrogens with one attached hydrogen (secondary N) is 1. The van der Waals surface area contributed by atoms with Gasteiger partial charge in [-0.25, -0.2) is 0 Å². The van der Waals surface area contributed by atoms with Crippen LogP contribution in [0, 0.1) is 0 Å². The minimum Gasteiger partial charge on any atom is -1.00 e. The lowest BCUT2D eigenvalue weighted by atomic mass is 9.81. The Hall–Kier alpha value is -0.300. The summed E-state index contributed by atoms with van der Waals surface area (Å²) < 4.78 is 1.12. The molecule has 0 aromatic heterocycles. The van der Waals surface area contributed by atoms with Gasteiger partial charge in [-0.3, -0.25) is 0 Å². The molecule has 1 spiro atoms. The molecule has 0 aliphatic carbocycles. The lowest BCUT2D eigenvalue weighted by Crippen LogP contribution is -3.00. The van der Waals surface area contributed by atoms with E-state index >= 15 is 0 Å². The molecule has 126 valence electrons. The second kappa shape index (κ2) is 7.07. The Morgan fingerprint density at radius 1 is 1.14 bits per heavy atom. The molecule has 22 heavy (non-hydrogen) atoms. The topological polar surface area (TPSA) is 52.5 Å². The number of hydrogen-bond acceptors (Lipinski definition) is 3. The van der Waals surface area contributed by atoms with Crippen molar-refractivity contribution in [3.8, 4) is 11.5 Å². The first kappa shape index (κ1) is 19.7. The van der Waals surface area contributed by atoms with Gasteiger partial charge in [-0.15, -0.1) is 17.0 Å². The Morgan fingerprint density at radius 2 is 1.77 bits per heavy atom. The minimum atomic E-state index is -0.0360. The second-order valence-electron chi connectivity index (χ2n) is 7.19. The van der Waals surface area contributed by atoms with Crippen LogP contribution in [-0.4, -0.2) is 54.0 Å². The number of rotatable bonds is 1. The lowest BCUT2D eigenvalue weighted by molar-refractivity contribution is -0.896. The Kier molecular flexibility index (Phi) is 6.35. The highest BCUT2D eigenvalue weighted by Gasteiger charge is 2.44. The summed E-state index contributed by atoms with van der Waals surface area (Å²) in [5.74, 6) is 0.395. The van der Waals surface area contributed by atoms with Gasteiger partial charge in [-0.2, -0.15) is 0 Å². The summed E-state index contributed by atoms with van der Waals surface area (Å²) >= 11 is 0. The van der Waals surface area contributed by atoms with Gasteiger partial charge in [-0.1, -0.05) is 6.07 Å². The Balaban J connectivity index is 0.00000121. The van der Waals surface area contributed by atoms with Crippen LogP contribution in [0.25, 0.3) is 0 Å². The summed E-state index contributed by atoms with van der Waals surface area (Å²) in [7, 11) is 4.61. The molecule has 2 heterocycles. The van der Waals surface area contributed by atoms with Crippen LogP contribution in [0.4, 0.5) is 0 Å². The van der Waals surface area contributed by atoms with Gasteiger partial charge < -0.3 is 37.0 Å². The van der Waals surface area contributed by atoms with Crippen LogP contribution in [0.2, 0.25) is 0 Å². The number of phenols is 2. The van der Waals surface area contributed by atoms with Crippen LogP contribution in [0.15, 0.2) is 18.2 Å². The van der Waals surface area contributed by atoms with Gasteiger partial charge in [0.25, 0.3) is 0 Å². The van der Waals surface area contributed by atoms with Crippen molar-refractivity contribution in [3.05, 3.63) is 23.8 Å². The molecule has 4 nitrogen and oxygen atoms in total. The fraction of sp³-hybridized carbons (Fsp3) is 0.625. The zero-order valence-electron chi connectivity index (χ0n) is 13.2. The lowest BCUT2D eigenvalue weighted by Gasteiger charge is -2.43. The molecule has 6 heteroatoms. The normalized spacial score (nSPS) is 25.3. The van der Waals surface area contributed by atoms with E-state index in [1.165, 1.54) is 25.9 Å². The van der Waals surface area contributed by atoms with E-state index in [0.717, 1.165) is 23.0 Å². The average Bonchev–Trinajstić information content (AvgIpc) is 2.82. The summed E-state index contributed by atoms with van der Waals surface area (Å²) in [6.07, 6.45) is 3.58. The molecular weight excluding hydrogens is 412 g/mol. The first-order valence-corrected chi connectivity index (χ1v) is 7.48. The smallest absolute Gasteiger partial charge is 0.157 e. The third kappa shape index (κ3) is 3.96. The van der Waals surface area contributed by atoms with E-state index in [0.29, 0.717) is 5.92 Å². The van der Waals surface area contributed by atoms with Crippen molar-refractivity contribution >= 4 is 17.0 Å².